The fraction of sp³-hybridized carbons (Fsp3) is 0.0714. The Morgan fingerprint density at radius 2 is 1.74 bits per heavy atom. The summed E-state index contributed by atoms with van der Waals surface area (Å²) >= 11 is 0. The van der Waals surface area contributed by atoms with Crippen LogP contribution in [0.25, 0.3) is 0 Å². The molecule has 0 saturated heterocycles. The van der Waals surface area contributed by atoms with Gasteiger partial charge in [0.2, 0.25) is 0 Å². The van der Waals surface area contributed by atoms with Crippen LogP contribution in [0.2, 0.25) is 0 Å². The normalized spacial score (nSPS) is 10.0. The number of anilines is 2. The largest absolute Gasteiger partial charge is 0.392 e. The number of halogens is 1. The van der Waals surface area contributed by atoms with Crippen molar-refractivity contribution in [3.05, 3.63) is 59.9 Å². The molecule has 19 heavy (non-hydrogen) atoms. The zero-order chi connectivity index (χ0) is 13.7. The average molecular weight is 260 g/mol. The van der Waals surface area contributed by atoms with Crippen LogP contribution < -0.4 is 10.6 Å². The minimum absolute atomic E-state index is 0.160. The quantitative estimate of drug-likeness (QED) is 0.794. The molecule has 0 aliphatic carbocycles. The number of carbonyl (C=O) groups is 1. The van der Waals surface area contributed by atoms with Gasteiger partial charge in [-0.3, -0.25) is 0 Å². The summed E-state index contributed by atoms with van der Waals surface area (Å²) in [4.78, 5) is 11.7. The van der Waals surface area contributed by atoms with E-state index >= 15 is 0 Å². The molecule has 0 unspecified atom stereocenters. The maximum atomic E-state index is 12.7. The van der Waals surface area contributed by atoms with Crippen molar-refractivity contribution in [3.8, 4) is 0 Å². The summed E-state index contributed by atoms with van der Waals surface area (Å²) in [6.45, 7) is -0.160. The van der Waals surface area contributed by atoms with Gasteiger partial charge in [-0.05, 0) is 30.3 Å². The molecule has 2 rings (SSSR count). The van der Waals surface area contributed by atoms with Crippen molar-refractivity contribution >= 4 is 17.4 Å². The molecule has 2 aromatic carbocycles. The van der Waals surface area contributed by atoms with Gasteiger partial charge in [0, 0.05) is 16.9 Å². The second kappa shape index (κ2) is 5.97. The lowest BCUT2D eigenvalue weighted by Gasteiger charge is -2.10. The van der Waals surface area contributed by atoms with Crippen LogP contribution in [-0.4, -0.2) is 11.1 Å². The first-order valence-corrected chi connectivity index (χ1v) is 5.71. The van der Waals surface area contributed by atoms with E-state index in [2.05, 4.69) is 10.6 Å². The number of nitrogens with one attached hydrogen (secondary N) is 2. The topological polar surface area (TPSA) is 61.4 Å². The first kappa shape index (κ1) is 13.0. The predicted octanol–water partition coefficient (Wildman–Crippen LogP) is 2.96. The molecule has 0 spiro atoms. The number of benzene rings is 2. The standard InChI is InChI=1S/C14H13FN2O2/c15-11-5-7-12(8-6-11)16-14(19)17-13-4-2-1-3-10(13)9-18/h1-8,18H,9H2,(H2,16,17,19). The van der Waals surface area contributed by atoms with Gasteiger partial charge >= 0.3 is 6.03 Å². The molecule has 0 radical (unpaired) electrons. The van der Waals surface area contributed by atoms with Crippen LogP contribution >= 0.6 is 0 Å². The molecule has 4 nitrogen and oxygen atoms in total. The van der Waals surface area contributed by atoms with Crippen LogP contribution in [0.15, 0.2) is 48.5 Å². The summed E-state index contributed by atoms with van der Waals surface area (Å²) in [7, 11) is 0. The first-order chi connectivity index (χ1) is 9.19. The highest BCUT2D eigenvalue weighted by Gasteiger charge is 2.05. The van der Waals surface area contributed by atoms with Gasteiger partial charge in [0.1, 0.15) is 5.82 Å². The lowest BCUT2D eigenvalue weighted by atomic mass is 10.2. The monoisotopic (exact) mass is 260 g/mol. The van der Waals surface area contributed by atoms with E-state index in [1.54, 1.807) is 24.3 Å². The second-order valence-corrected chi connectivity index (χ2v) is 3.90. The van der Waals surface area contributed by atoms with E-state index in [0.29, 0.717) is 16.9 Å². The highest BCUT2D eigenvalue weighted by atomic mass is 19.1. The average Bonchev–Trinajstić information content (AvgIpc) is 2.42. The molecule has 0 fully saturated rings. The summed E-state index contributed by atoms with van der Waals surface area (Å²) in [6, 6.07) is 11.9. The molecular formula is C14H13FN2O2. The van der Waals surface area contributed by atoms with Crippen LogP contribution in [0.3, 0.4) is 0 Å². The molecule has 2 aromatic rings. The van der Waals surface area contributed by atoms with Gasteiger partial charge in [-0.2, -0.15) is 0 Å². The predicted molar refractivity (Wildman–Crippen MR) is 71.4 cm³/mol. The molecule has 0 atom stereocenters. The number of aliphatic hydroxyl groups is 1. The Balaban J connectivity index is 2.03. The van der Waals surface area contributed by atoms with Gasteiger partial charge in [-0.15, -0.1) is 0 Å². The number of carbonyl (C=O) groups excluding carboxylic acids is 1. The van der Waals surface area contributed by atoms with Crippen LogP contribution in [0.4, 0.5) is 20.6 Å². The SMILES string of the molecule is O=C(Nc1ccc(F)cc1)Nc1ccccc1CO. The van der Waals surface area contributed by atoms with Crippen molar-refractivity contribution < 1.29 is 14.3 Å². The van der Waals surface area contributed by atoms with Crippen molar-refractivity contribution in [2.24, 2.45) is 0 Å². The Bertz CT molecular complexity index is 570. The highest BCUT2D eigenvalue weighted by molar-refractivity contribution is 6.00. The first-order valence-electron chi connectivity index (χ1n) is 5.71. The number of para-hydroxylation sites is 1. The minimum Gasteiger partial charge on any atom is -0.392 e. The summed E-state index contributed by atoms with van der Waals surface area (Å²) in [5.41, 5.74) is 1.64. The van der Waals surface area contributed by atoms with Gasteiger partial charge in [0.25, 0.3) is 0 Å². The van der Waals surface area contributed by atoms with E-state index in [1.807, 2.05) is 0 Å². The summed E-state index contributed by atoms with van der Waals surface area (Å²) in [5, 5.41) is 14.3. The molecule has 0 heterocycles. The van der Waals surface area contributed by atoms with Gasteiger partial charge in [-0.1, -0.05) is 18.2 Å². The van der Waals surface area contributed by atoms with E-state index in [9.17, 15) is 9.18 Å². The molecule has 0 aliphatic rings. The molecule has 98 valence electrons. The van der Waals surface area contributed by atoms with Crippen molar-refractivity contribution in [1.82, 2.24) is 0 Å². The molecule has 0 aromatic heterocycles. The fourth-order valence-corrected chi connectivity index (χ4v) is 1.60. The summed E-state index contributed by atoms with van der Waals surface area (Å²) < 4.78 is 12.7. The third kappa shape index (κ3) is 3.53. The van der Waals surface area contributed by atoms with Crippen molar-refractivity contribution in [1.29, 1.82) is 0 Å². The Hall–Kier alpha value is -2.40. The van der Waals surface area contributed by atoms with Crippen LogP contribution in [-0.2, 0) is 6.61 Å². The third-order valence-electron chi connectivity index (χ3n) is 2.54. The minimum atomic E-state index is -0.451. The Kier molecular flexibility index (Phi) is 4.10. The van der Waals surface area contributed by atoms with Crippen molar-refractivity contribution in [2.45, 2.75) is 6.61 Å². The van der Waals surface area contributed by atoms with E-state index in [-0.39, 0.29) is 12.4 Å². The number of hydrogen-bond acceptors (Lipinski definition) is 2. The maximum absolute atomic E-state index is 12.7. The van der Waals surface area contributed by atoms with E-state index in [4.69, 9.17) is 5.11 Å². The fourth-order valence-electron chi connectivity index (χ4n) is 1.60. The van der Waals surface area contributed by atoms with Crippen LogP contribution in [0, 0.1) is 5.82 Å². The Morgan fingerprint density at radius 3 is 2.42 bits per heavy atom. The van der Waals surface area contributed by atoms with E-state index in [1.165, 1.54) is 24.3 Å². The molecule has 5 heteroatoms. The summed E-state index contributed by atoms with van der Waals surface area (Å²) in [5.74, 6) is -0.364. The van der Waals surface area contributed by atoms with Gasteiger partial charge in [0.15, 0.2) is 0 Å². The zero-order valence-corrected chi connectivity index (χ0v) is 10.1. The second-order valence-electron chi connectivity index (χ2n) is 3.90. The van der Waals surface area contributed by atoms with Gasteiger partial charge in [0.05, 0.1) is 6.61 Å². The van der Waals surface area contributed by atoms with Crippen molar-refractivity contribution in [2.75, 3.05) is 10.6 Å². The lowest BCUT2D eigenvalue weighted by molar-refractivity contribution is 0.262. The molecular weight excluding hydrogens is 247 g/mol. The molecule has 0 aliphatic heterocycles. The number of rotatable bonds is 3. The molecule has 0 bridgehead atoms. The summed E-state index contributed by atoms with van der Waals surface area (Å²) in [6.07, 6.45) is 0. The number of urea groups is 1. The Labute approximate surface area is 109 Å². The third-order valence-corrected chi connectivity index (χ3v) is 2.54. The maximum Gasteiger partial charge on any atom is 0.323 e. The molecule has 0 saturated carbocycles. The zero-order valence-electron chi connectivity index (χ0n) is 10.1. The lowest BCUT2D eigenvalue weighted by Crippen LogP contribution is -2.20. The van der Waals surface area contributed by atoms with Crippen LogP contribution in [0.1, 0.15) is 5.56 Å². The van der Waals surface area contributed by atoms with E-state index in [0.717, 1.165) is 0 Å². The number of amides is 2. The number of aliphatic hydroxyl groups excluding tert-OH is 1. The van der Waals surface area contributed by atoms with Crippen LogP contribution in [0.5, 0.6) is 0 Å². The highest BCUT2D eigenvalue weighted by Crippen LogP contribution is 2.15. The van der Waals surface area contributed by atoms with Gasteiger partial charge in [-0.25, -0.2) is 9.18 Å². The smallest absolute Gasteiger partial charge is 0.323 e. The number of hydrogen-bond donors (Lipinski definition) is 3. The van der Waals surface area contributed by atoms with Crippen molar-refractivity contribution in [3.63, 3.8) is 0 Å². The van der Waals surface area contributed by atoms with E-state index < -0.39 is 6.03 Å². The van der Waals surface area contributed by atoms with Gasteiger partial charge < -0.3 is 15.7 Å². The Morgan fingerprint density at radius 1 is 1.05 bits per heavy atom. The molecule has 2 amide bonds. The molecule has 3 N–H and O–H groups in total.